The summed E-state index contributed by atoms with van der Waals surface area (Å²) >= 11 is 9.51. The predicted molar refractivity (Wildman–Crippen MR) is 76.1 cm³/mol. The van der Waals surface area contributed by atoms with Gasteiger partial charge in [-0.05, 0) is 31.5 Å². The topological polar surface area (TPSA) is 29.5 Å². The Morgan fingerprint density at radius 3 is 2.83 bits per heavy atom. The summed E-state index contributed by atoms with van der Waals surface area (Å²) < 4.78 is 6.33. The van der Waals surface area contributed by atoms with Crippen LogP contribution in [0.5, 0.6) is 0 Å². The Morgan fingerprint density at radius 1 is 1.56 bits per heavy atom. The lowest BCUT2D eigenvalue weighted by atomic mass is 10.0. The Morgan fingerprint density at radius 2 is 2.28 bits per heavy atom. The minimum atomic E-state index is -0.0743. The van der Waals surface area contributed by atoms with E-state index in [1.54, 1.807) is 18.0 Å². The molecule has 0 N–H and O–H groups in total. The van der Waals surface area contributed by atoms with Gasteiger partial charge in [-0.1, -0.05) is 27.5 Å². The summed E-state index contributed by atoms with van der Waals surface area (Å²) in [5, 5.41) is 0.562. The second-order valence-electron chi connectivity index (χ2n) is 4.46. The first-order valence-corrected chi connectivity index (χ1v) is 7.02. The summed E-state index contributed by atoms with van der Waals surface area (Å²) in [5.41, 5.74) is 0.726. The summed E-state index contributed by atoms with van der Waals surface area (Å²) in [6.45, 7) is 2.59. The molecule has 1 amide bonds. The Kier molecular flexibility index (Phi) is 4.30. The molecular weight excluding hydrogens is 318 g/mol. The van der Waals surface area contributed by atoms with Gasteiger partial charge in [0.05, 0.1) is 22.7 Å². The number of benzene rings is 1. The van der Waals surface area contributed by atoms with Crippen LogP contribution in [-0.4, -0.2) is 25.7 Å². The van der Waals surface area contributed by atoms with Gasteiger partial charge in [0.15, 0.2) is 0 Å². The maximum absolute atomic E-state index is 12.4. The van der Waals surface area contributed by atoms with Gasteiger partial charge < -0.3 is 9.64 Å². The van der Waals surface area contributed by atoms with Crippen molar-refractivity contribution in [2.75, 3.05) is 18.6 Å². The van der Waals surface area contributed by atoms with Crippen LogP contribution >= 0.6 is 27.5 Å². The Bertz CT molecular complexity index is 466. The molecule has 0 unspecified atom stereocenters. The average Bonchev–Trinajstić information content (AvgIpc) is 2.74. The first kappa shape index (κ1) is 13.8. The molecule has 0 radical (unpaired) electrons. The third-order valence-corrected chi connectivity index (χ3v) is 4.09. The smallest absolute Gasteiger partial charge is 0.232 e. The number of hydrogen-bond acceptors (Lipinski definition) is 2. The molecule has 1 fully saturated rings. The molecule has 98 valence electrons. The fourth-order valence-electron chi connectivity index (χ4n) is 2.18. The molecule has 3 nitrogen and oxygen atoms in total. The molecule has 0 spiro atoms. The number of rotatable bonds is 2. The maximum Gasteiger partial charge on any atom is 0.232 e. The number of carbonyl (C=O) groups excluding carboxylic acids is 1. The van der Waals surface area contributed by atoms with Crippen LogP contribution in [0.15, 0.2) is 22.7 Å². The van der Waals surface area contributed by atoms with Crippen molar-refractivity contribution in [3.63, 3.8) is 0 Å². The van der Waals surface area contributed by atoms with E-state index in [1.807, 2.05) is 19.1 Å². The average molecular weight is 333 g/mol. The number of nitrogens with zero attached hydrogens (tertiary/aromatic N) is 1. The lowest BCUT2D eigenvalue weighted by molar-refractivity contribution is -0.123. The third-order valence-electron chi connectivity index (χ3n) is 3.30. The molecule has 1 saturated heterocycles. The zero-order valence-electron chi connectivity index (χ0n) is 10.3. The number of anilines is 1. The standard InChI is InChI=1S/C13H15BrClNO2/c1-8-10(5-6-18-8)13(17)16(2)12-4-3-9(14)7-11(12)15/h3-4,7-8,10H,5-6H2,1-2H3/t8-,10-/m0/s1. The number of ether oxygens (including phenoxy) is 1. The van der Waals surface area contributed by atoms with Crippen LogP contribution in [0.4, 0.5) is 5.69 Å². The highest BCUT2D eigenvalue weighted by Crippen LogP contribution is 2.31. The van der Waals surface area contributed by atoms with E-state index >= 15 is 0 Å². The van der Waals surface area contributed by atoms with Gasteiger partial charge in [-0.25, -0.2) is 0 Å². The first-order chi connectivity index (χ1) is 8.50. The molecule has 18 heavy (non-hydrogen) atoms. The van der Waals surface area contributed by atoms with Gasteiger partial charge in [-0.2, -0.15) is 0 Å². The molecule has 0 bridgehead atoms. The van der Waals surface area contributed by atoms with Crippen LogP contribution in [0.1, 0.15) is 13.3 Å². The molecule has 1 aliphatic heterocycles. The van der Waals surface area contributed by atoms with Crippen molar-refractivity contribution >= 4 is 39.1 Å². The zero-order chi connectivity index (χ0) is 13.3. The lowest BCUT2D eigenvalue weighted by Crippen LogP contribution is -2.36. The number of amides is 1. The van der Waals surface area contributed by atoms with Crippen molar-refractivity contribution in [3.05, 3.63) is 27.7 Å². The molecule has 1 aliphatic rings. The SMILES string of the molecule is C[C@@H]1OCC[C@@H]1C(=O)N(C)c1ccc(Br)cc1Cl. The Hall–Kier alpha value is -0.580. The van der Waals surface area contributed by atoms with E-state index < -0.39 is 0 Å². The van der Waals surface area contributed by atoms with Crippen molar-refractivity contribution in [3.8, 4) is 0 Å². The van der Waals surface area contributed by atoms with Crippen LogP contribution in [-0.2, 0) is 9.53 Å². The highest BCUT2D eigenvalue weighted by molar-refractivity contribution is 9.10. The summed E-state index contributed by atoms with van der Waals surface area (Å²) in [5.74, 6) is -0.0149. The van der Waals surface area contributed by atoms with E-state index in [0.29, 0.717) is 11.6 Å². The highest BCUT2D eigenvalue weighted by Gasteiger charge is 2.33. The second kappa shape index (κ2) is 5.59. The number of halogens is 2. The monoisotopic (exact) mass is 331 g/mol. The minimum Gasteiger partial charge on any atom is -0.378 e. The van der Waals surface area contributed by atoms with Crippen molar-refractivity contribution in [2.24, 2.45) is 5.92 Å². The van der Waals surface area contributed by atoms with E-state index in [1.165, 1.54) is 0 Å². The maximum atomic E-state index is 12.4. The summed E-state index contributed by atoms with van der Waals surface area (Å²) in [7, 11) is 1.75. The molecule has 1 aromatic rings. The lowest BCUT2D eigenvalue weighted by Gasteiger charge is -2.23. The van der Waals surface area contributed by atoms with Gasteiger partial charge >= 0.3 is 0 Å². The van der Waals surface area contributed by atoms with Crippen LogP contribution in [0.2, 0.25) is 5.02 Å². The van der Waals surface area contributed by atoms with Gasteiger partial charge in [0.2, 0.25) is 5.91 Å². The summed E-state index contributed by atoms with van der Waals surface area (Å²) in [6, 6.07) is 5.50. The number of hydrogen-bond donors (Lipinski definition) is 0. The second-order valence-corrected chi connectivity index (χ2v) is 5.79. The van der Waals surface area contributed by atoms with Gasteiger partial charge in [-0.3, -0.25) is 4.79 Å². The van der Waals surface area contributed by atoms with Gasteiger partial charge in [0, 0.05) is 18.1 Å². The van der Waals surface area contributed by atoms with Crippen LogP contribution in [0, 0.1) is 5.92 Å². The van der Waals surface area contributed by atoms with E-state index in [0.717, 1.165) is 16.6 Å². The molecular formula is C13H15BrClNO2. The van der Waals surface area contributed by atoms with Gasteiger partial charge in [0.25, 0.3) is 0 Å². The summed E-state index contributed by atoms with van der Waals surface area (Å²) in [6.07, 6.45) is 0.757. The fourth-order valence-corrected chi connectivity index (χ4v) is 2.98. The fraction of sp³-hybridized carbons (Fsp3) is 0.462. The highest BCUT2D eigenvalue weighted by atomic mass is 79.9. The van der Waals surface area contributed by atoms with E-state index in [4.69, 9.17) is 16.3 Å². The summed E-state index contributed by atoms with van der Waals surface area (Å²) in [4.78, 5) is 14.0. The molecule has 0 aliphatic carbocycles. The van der Waals surface area contributed by atoms with Crippen LogP contribution < -0.4 is 4.90 Å². The van der Waals surface area contributed by atoms with E-state index in [-0.39, 0.29) is 17.9 Å². The van der Waals surface area contributed by atoms with Gasteiger partial charge in [0.1, 0.15) is 0 Å². The first-order valence-electron chi connectivity index (χ1n) is 5.85. The van der Waals surface area contributed by atoms with E-state index in [9.17, 15) is 4.79 Å². The van der Waals surface area contributed by atoms with Crippen LogP contribution in [0.3, 0.4) is 0 Å². The molecule has 2 rings (SSSR count). The van der Waals surface area contributed by atoms with Crippen LogP contribution in [0.25, 0.3) is 0 Å². The Labute approximate surface area is 120 Å². The normalized spacial score (nSPS) is 23.1. The largest absolute Gasteiger partial charge is 0.378 e. The third kappa shape index (κ3) is 2.71. The van der Waals surface area contributed by atoms with Crippen molar-refractivity contribution < 1.29 is 9.53 Å². The minimum absolute atomic E-state index is 0.0193. The van der Waals surface area contributed by atoms with Crippen molar-refractivity contribution in [1.82, 2.24) is 0 Å². The predicted octanol–water partition coefficient (Wildman–Crippen LogP) is 3.49. The zero-order valence-corrected chi connectivity index (χ0v) is 12.7. The molecule has 0 saturated carbocycles. The number of carbonyl (C=O) groups is 1. The molecule has 1 aromatic carbocycles. The molecule has 0 aromatic heterocycles. The van der Waals surface area contributed by atoms with Crippen molar-refractivity contribution in [2.45, 2.75) is 19.4 Å². The van der Waals surface area contributed by atoms with E-state index in [2.05, 4.69) is 15.9 Å². The molecule has 1 heterocycles. The Balaban J connectivity index is 2.20. The molecule has 5 heteroatoms. The van der Waals surface area contributed by atoms with Crippen molar-refractivity contribution in [1.29, 1.82) is 0 Å². The van der Waals surface area contributed by atoms with Gasteiger partial charge in [-0.15, -0.1) is 0 Å². The quantitative estimate of drug-likeness (QED) is 0.829. The molecule has 2 atom stereocenters.